The number of carbonyl (C=O) groups is 1. The zero-order valence-electron chi connectivity index (χ0n) is 12.6. The van der Waals surface area contributed by atoms with E-state index < -0.39 is 11.6 Å². The number of hydrogen-bond donors (Lipinski definition) is 0. The predicted octanol–water partition coefficient (Wildman–Crippen LogP) is 4.77. The molecule has 0 atom stereocenters. The van der Waals surface area contributed by atoms with Crippen molar-refractivity contribution in [2.45, 2.75) is 13.5 Å². The molecule has 2 aromatic carbocycles. The normalized spacial score (nSPS) is 10.8. The highest BCUT2D eigenvalue weighted by atomic mass is 35.5. The number of carbonyl (C=O) groups excluding carboxylic acids is 1. The van der Waals surface area contributed by atoms with Crippen LogP contribution in [0.15, 0.2) is 51.7 Å². The Kier molecular flexibility index (Phi) is 4.60. The molecule has 1 heterocycles. The van der Waals surface area contributed by atoms with Gasteiger partial charge in [-0.2, -0.15) is 0 Å². The van der Waals surface area contributed by atoms with Gasteiger partial charge in [0.15, 0.2) is 0 Å². The highest BCUT2D eigenvalue weighted by Gasteiger charge is 2.12. The zero-order valence-corrected chi connectivity index (χ0v) is 14.1. The number of aryl methyl sites for hydroxylation is 1. The van der Waals surface area contributed by atoms with Gasteiger partial charge in [-0.05, 0) is 36.8 Å². The Morgan fingerprint density at radius 2 is 1.88 bits per heavy atom. The average Bonchev–Trinajstić information content (AvgIpc) is 2.54. The van der Waals surface area contributed by atoms with Gasteiger partial charge in [-0.3, -0.25) is 0 Å². The molecular weight excluding hydrogens is 351 g/mol. The molecular formula is C18H12Cl2O4. The molecule has 0 amide bonds. The first-order valence-electron chi connectivity index (χ1n) is 7.09. The van der Waals surface area contributed by atoms with Gasteiger partial charge in [0, 0.05) is 17.0 Å². The van der Waals surface area contributed by atoms with Gasteiger partial charge in [-0.25, -0.2) is 9.59 Å². The molecule has 3 aromatic rings. The molecule has 3 rings (SSSR count). The lowest BCUT2D eigenvalue weighted by Gasteiger charge is -2.08. The fourth-order valence-electron chi connectivity index (χ4n) is 2.31. The fraction of sp³-hybridized carbons (Fsp3) is 0.111. The van der Waals surface area contributed by atoms with Crippen molar-refractivity contribution in [3.8, 4) is 0 Å². The van der Waals surface area contributed by atoms with Crippen LogP contribution in [0.4, 0.5) is 0 Å². The monoisotopic (exact) mass is 362 g/mol. The Balaban J connectivity index is 1.86. The van der Waals surface area contributed by atoms with E-state index in [1.54, 1.807) is 6.07 Å². The van der Waals surface area contributed by atoms with Crippen LogP contribution >= 0.6 is 23.2 Å². The molecule has 0 fully saturated rings. The molecule has 6 heteroatoms. The van der Waals surface area contributed by atoms with E-state index in [9.17, 15) is 9.59 Å². The lowest BCUT2D eigenvalue weighted by molar-refractivity contribution is 0.0474. The van der Waals surface area contributed by atoms with Crippen molar-refractivity contribution >= 4 is 40.1 Å². The fourth-order valence-corrected chi connectivity index (χ4v) is 2.60. The van der Waals surface area contributed by atoms with Crippen molar-refractivity contribution in [3.63, 3.8) is 0 Å². The standard InChI is InChI=1S/C18H12Cl2O4/c1-10-2-4-13-12(8-17(21)24-16(13)6-10)9-23-18(22)11-3-5-14(19)15(20)7-11/h2-8H,9H2,1H3. The zero-order chi connectivity index (χ0) is 17.3. The van der Waals surface area contributed by atoms with E-state index in [2.05, 4.69) is 0 Å². The Labute approximate surface area is 147 Å². The first-order chi connectivity index (χ1) is 11.4. The summed E-state index contributed by atoms with van der Waals surface area (Å²) in [5, 5.41) is 1.35. The predicted molar refractivity (Wildman–Crippen MR) is 92.8 cm³/mol. The van der Waals surface area contributed by atoms with E-state index in [1.165, 1.54) is 24.3 Å². The van der Waals surface area contributed by atoms with Gasteiger partial charge < -0.3 is 9.15 Å². The lowest BCUT2D eigenvalue weighted by atomic mass is 10.1. The molecule has 0 bridgehead atoms. The van der Waals surface area contributed by atoms with Crippen LogP contribution in [-0.4, -0.2) is 5.97 Å². The Morgan fingerprint density at radius 3 is 2.62 bits per heavy atom. The van der Waals surface area contributed by atoms with Gasteiger partial charge in [-0.15, -0.1) is 0 Å². The van der Waals surface area contributed by atoms with Gasteiger partial charge in [0.2, 0.25) is 0 Å². The van der Waals surface area contributed by atoms with Gasteiger partial charge in [0.25, 0.3) is 0 Å². The largest absolute Gasteiger partial charge is 0.457 e. The summed E-state index contributed by atoms with van der Waals surface area (Å²) in [6.45, 7) is 1.85. The van der Waals surface area contributed by atoms with Crippen molar-refractivity contribution in [2.24, 2.45) is 0 Å². The number of ether oxygens (including phenoxy) is 1. The van der Waals surface area contributed by atoms with Crippen LogP contribution in [0.1, 0.15) is 21.5 Å². The van der Waals surface area contributed by atoms with E-state index in [1.807, 2.05) is 19.1 Å². The van der Waals surface area contributed by atoms with Crippen LogP contribution < -0.4 is 5.63 Å². The first kappa shape index (κ1) is 16.6. The smallest absolute Gasteiger partial charge is 0.338 e. The second-order valence-electron chi connectivity index (χ2n) is 5.30. The maximum absolute atomic E-state index is 12.1. The molecule has 122 valence electrons. The number of fused-ring (bicyclic) bond motifs is 1. The van der Waals surface area contributed by atoms with E-state index in [0.29, 0.717) is 16.2 Å². The molecule has 0 aliphatic heterocycles. The molecule has 0 unspecified atom stereocenters. The SMILES string of the molecule is Cc1ccc2c(COC(=O)c3ccc(Cl)c(Cl)c3)cc(=O)oc2c1. The summed E-state index contributed by atoms with van der Waals surface area (Å²) in [4.78, 5) is 23.8. The summed E-state index contributed by atoms with van der Waals surface area (Å²) in [6.07, 6.45) is 0. The number of benzene rings is 2. The van der Waals surface area contributed by atoms with E-state index in [0.717, 1.165) is 10.9 Å². The average molecular weight is 363 g/mol. The highest BCUT2D eigenvalue weighted by Crippen LogP contribution is 2.24. The van der Waals surface area contributed by atoms with Crippen LogP contribution in [0.5, 0.6) is 0 Å². The number of hydrogen-bond acceptors (Lipinski definition) is 4. The summed E-state index contributed by atoms with van der Waals surface area (Å²) in [6, 6.07) is 11.3. The summed E-state index contributed by atoms with van der Waals surface area (Å²) >= 11 is 11.7. The van der Waals surface area contributed by atoms with Gasteiger partial charge in [-0.1, -0.05) is 35.3 Å². The highest BCUT2D eigenvalue weighted by molar-refractivity contribution is 6.42. The quantitative estimate of drug-likeness (QED) is 0.497. The molecule has 0 saturated heterocycles. The minimum Gasteiger partial charge on any atom is -0.457 e. The minimum absolute atomic E-state index is 0.0513. The summed E-state index contributed by atoms with van der Waals surface area (Å²) < 4.78 is 10.5. The first-order valence-corrected chi connectivity index (χ1v) is 7.85. The molecule has 0 aliphatic carbocycles. The second kappa shape index (κ2) is 6.67. The van der Waals surface area contributed by atoms with Crippen LogP contribution in [0.25, 0.3) is 11.0 Å². The maximum atomic E-state index is 12.1. The van der Waals surface area contributed by atoms with Crippen molar-refractivity contribution in [1.82, 2.24) is 0 Å². The van der Waals surface area contributed by atoms with Crippen LogP contribution in [-0.2, 0) is 11.3 Å². The molecule has 0 saturated carbocycles. The van der Waals surface area contributed by atoms with Crippen molar-refractivity contribution in [3.05, 3.63) is 79.6 Å². The van der Waals surface area contributed by atoms with Gasteiger partial charge in [0.05, 0.1) is 15.6 Å². The number of esters is 1. The van der Waals surface area contributed by atoms with Crippen LogP contribution in [0.2, 0.25) is 10.0 Å². The third kappa shape index (κ3) is 3.45. The molecule has 4 nitrogen and oxygen atoms in total. The molecule has 0 spiro atoms. The summed E-state index contributed by atoms with van der Waals surface area (Å²) in [5.74, 6) is -0.554. The number of rotatable bonds is 3. The molecule has 0 N–H and O–H groups in total. The third-order valence-electron chi connectivity index (χ3n) is 3.50. The van der Waals surface area contributed by atoms with Gasteiger partial charge >= 0.3 is 11.6 Å². The molecule has 1 aromatic heterocycles. The topological polar surface area (TPSA) is 56.5 Å². The molecule has 0 radical (unpaired) electrons. The lowest BCUT2D eigenvalue weighted by Crippen LogP contribution is -2.08. The Hall–Kier alpha value is -2.30. The number of halogens is 2. The third-order valence-corrected chi connectivity index (χ3v) is 4.24. The van der Waals surface area contributed by atoms with Crippen molar-refractivity contribution < 1.29 is 13.9 Å². The Bertz CT molecular complexity index is 992. The van der Waals surface area contributed by atoms with Gasteiger partial charge in [0.1, 0.15) is 12.2 Å². The Morgan fingerprint density at radius 1 is 1.08 bits per heavy atom. The van der Waals surface area contributed by atoms with Crippen LogP contribution in [0, 0.1) is 6.92 Å². The minimum atomic E-state index is -0.554. The van der Waals surface area contributed by atoms with E-state index in [4.69, 9.17) is 32.4 Å². The van der Waals surface area contributed by atoms with E-state index in [-0.39, 0.29) is 17.2 Å². The van der Waals surface area contributed by atoms with Crippen molar-refractivity contribution in [2.75, 3.05) is 0 Å². The van der Waals surface area contributed by atoms with Crippen LogP contribution in [0.3, 0.4) is 0 Å². The molecule has 0 aliphatic rings. The maximum Gasteiger partial charge on any atom is 0.338 e. The van der Waals surface area contributed by atoms with Crippen molar-refractivity contribution in [1.29, 1.82) is 0 Å². The summed E-state index contributed by atoms with van der Waals surface area (Å²) in [7, 11) is 0. The molecule has 24 heavy (non-hydrogen) atoms. The summed E-state index contributed by atoms with van der Waals surface area (Å²) in [5.41, 5.74) is 1.80. The second-order valence-corrected chi connectivity index (χ2v) is 6.11. The van der Waals surface area contributed by atoms with E-state index >= 15 is 0 Å².